The normalized spacial score (nSPS) is 12.9. The Morgan fingerprint density at radius 3 is 2.55 bits per heavy atom. The lowest BCUT2D eigenvalue weighted by Gasteiger charge is -2.24. The predicted octanol–water partition coefficient (Wildman–Crippen LogP) is 4.79. The maximum absolute atomic E-state index is 6.37. The summed E-state index contributed by atoms with van der Waals surface area (Å²) in [6, 6.07) is 14.3. The highest BCUT2D eigenvalue weighted by Crippen LogP contribution is 2.26. The minimum absolute atomic E-state index is 0.568. The van der Waals surface area contributed by atoms with Crippen LogP contribution in [0.5, 0.6) is 0 Å². The summed E-state index contributed by atoms with van der Waals surface area (Å²) in [5.74, 6) is 6.37. The van der Waals surface area contributed by atoms with Gasteiger partial charge in [-0.1, -0.05) is 69.0 Å². The van der Waals surface area contributed by atoms with Crippen LogP contribution < -0.4 is 21.3 Å². The van der Waals surface area contributed by atoms with Crippen molar-refractivity contribution in [1.82, 2.24) is 0 Å². The number of hydrogen-bond acceptors (Lipinski definition) is 3. The highest BCUT2D eigenvalue weighted by atomic mass is 15.4. The van der Waals surface area contributed by atoms with E-state index >= 15 is 0 Å². The molecule has 0 aliphatic heterocycles. The van der Waals surface area contributed by atoms with Gasteiger partial charge in [-0.3, -0.25) is 10.0 Å². The molecule has 0 saturated carbocycles. The molecule has 0 amide bonds. The zero-order chi connectivity index (χ0) is 21.4. The summed E-state index contributed by atoms with van der Waals surface area (Å²) >= 11 is 0. The number of anilines is 1. The van der Waals surface area contributed by atoms with Crippen molar-refractivity contribution in [2.75, 3.05) is 5.01 Å². The molecule has 3 nitrogen and oxygen atoms in total. The van der Waals surface area contributed by atoms with Crippen LogP contribution in [-0.2, 0) is 6.54 Å². The van der Waals surface area contributed by atoms with Crippen LogP contribution in [0.1, 0.15) is 44.7 Å². The number of rotatable bonds is 8. The van der Waals surface area contributed by atoms with Crippen LogP contribution in [0.15, 0.2) is 71.4 Å². The minimum Gasteiger partial charge on any atom is -0.285 e. The maximum Gasteiger partial charge on any atom is 0.0666 e. The van der Waals surface area contributed by atoms with Crippen molar-refractivity contribution in [2.45, 2.75) is 47.1 Å². The van der Waals surface area contributed by atoms with Gasteiger partial charge in [-0.05, 0) is 60.9 Å². The van der Waals surface area contributed by atoms with Gasteiger partial charge >= 0.3 is 0 Å². The van der Waals surface area contributed by atoms with E-state index in [-0.39, 0.29) is 0 Å². The van der Waals surface area contributed by atoms with Crippen LogP contribution >= 0.6 is 0 Å². The van der Waals surface area contributed by atoms with Crippen molar-refractivity contribution >= 4 is 24.1 Å². The smallest absolute Gasteiger partial charge is 0.0666 e. The first kappa shape index (κ1) is 22.4. The van der Waals surface area contributed by atoms with Crippen molar-refractivity contribution in [2.24, 2.45) is 10.8 Å². The van der Waals surface area contributed by atoms with E-state index in [1.165, 1.54) is 5.56 Å². The summed E-state index contributed by atoms with van der Waals surface area (Å²) in [5, 5.41) is 3.82. The molecule has 2 aromatic rings. The molecule has 2 aromatic carbocycles. The van der Waals surface area contributed by atoms with Crippen LogP contribution in [0.25, 0.3) is 12.7 Å². The average molecular weight is 388 g/mol. The number of hydrazine groups is 1. The molecule has 29 heavy (non-hydrogen) atoms. The van der Waals surface area contributed by atoms with Gasteiger partial charge in [0.2, 0.25) is 0 Å². The molecule has 0 radical (unpaired) electrons. The molecule has 0 aromatic heterocycles. The Morgan fingerprint density at radius 1 is 1.17 bits per heavy atom. The Hall–Kier alpha value is -2.91. The van der Waals surface area contributed by atoms with Gasteiger partial charge in [0, 0.05) is 17.0 Å². The van der Waals surface area contributed by atoms with Crippen LogP contribution in [0.2, 0.25) is 0 Å². The number of aryl methyl sites for hydroxylation is 1. The quantitative estimate of drug-likeness (QED) is 0.402. The molecular weight excluding hydrogens is 354 g/mol. The van der Waals surface area contributed by atoms with Gasteiger partial charge in [0.15, 0.2) is 0 Å². The first-order chi connectivity index (χ1) is 13.9. The molecule has 0 saturated heterocycles. The first-order valence-electron chi connectivity index (χ1n) is 10.1. The summed E-state index contributed by atoms with van der Waals surface area (Å²) in [4.78, 5) is 4.89. The SMILES string of the molecule is C=C(CCC)N(N)c1cccc(C)c1C/N=C(/C)C(=CC)/C=c1/ccccc1=C. The molecule has 0 atom stereocenters. The number of nitrogens with two attached hydrogens (primary N) is 1. The van der Waals surface area contributed by atoms with Gasteiger partial charge in [-0.2, -0.15) is 0 Å². The zero-order valence-electron chi connectivity index (χ0n) is 18.2. The van der Waals surface area contributed by atoms with E-state index in [1.54, 1.807) is 5.01 Å². The number of benzene rings is 2. The average Bonchev–Trinajstić information content (AvgIpc) is 2.71. The lowest BCUT2D eigenvalue weighted by Crippen LogP contribution is -2.30. The number of aliphatic imine (C=N–C) groups is 1. The fourth-order valence-corrected chi connectivity index (χ4v) is 3.23. The molecule has 0 fully saturated rings. The molecule has 0 aliphatic rings. The summed E-state index contributed by atoms with van der Waals surface area (Å²) in [6.45, 7) is 17.1. The molecule has 0 spiro atoms. The van der Waals surface area contributed by atoms with Crippen molar-refractivity contribution in [1.29, 1.82) is 0 Å². The van der Waals surface area contributed by atoms with E-state index < -0.39 is 0 Å². The summed E-state index contributed by atoms with van der Waals surface area (Å²) < 4.78 is 0. The van der Waals surface area contributed by atoms with Crippen molar-refractivity contribution < 1.29 is 0 Å². The second-order valence-electron chi connectivity index (χ2n) is 7.25. The number of nitrogens with zero attached hydrogens (tertiary/aromatic N) is 2. The molecule has 0 heterocycles. The lowest BCUT2D eigenvalue weighted by atomic mass is 10.0. The molecule has 0 bridgehead atoms. The third-order valence-corrected chi connectivity index (χ3v) is 5.09. The predicted molar refractivity (Wildman–Crippen MR) is 128 cm³/mol. The van der Waals surface area contributed by atoms with E-state index in [0.29, 0.717) is 6.54 Å². The Bertz CT molecular complexity index is 1030. The van der Waals surface area contributed by atoms with E-state index in [9.17, 15) is 0 Å². The van der Waals surface area contributed by atoms with Crippen molar-refractivity contribution in [3.8, 4) is 0 Å². The number of hydrogen-bond donors (Lipinski definition) is 1. The lowest BCUT2D eigenvalue weighted by molar-refractivity contribution is 0.831. The topological polar surface area (TPSA) is 41.6 Å². The van der Waals surface area contributed by atoms with Gasteiger partial charge in [0.1, 0.15) is 0 Å². The van der Waals surface area contributed by atoms with Crippen LogP contribution in [0.4, 0.5) is 5.69 Å². The summed E-state index contributed by atoms with van der Waals surface area (Å²) in [6.07, 6.45) is 6.11. The highest BCUT2D eigenvalue weighted by Gasteiger charge is 2.12. The van der Waals surface area contributed by atoms with Gasteiger partial charge < -0.3 is 0 Å². The molecule has 2 N–H and O–H groups in total. The molecule has 3 heteroatoms. The van der Waals surface area contributed by atoms with Crippen molar-refractivity contribution in [3.63, 3.8) is 0 Å². The minimum atomic E-state index is 0.568. The fourth-order valence-electron chi connectivity index (χ4n) is 3.23. The molecule has 0 unspecified atom stereocenters. The highest BCUT2D eigenvalue weighted by molar-refractivity contribution is 6.05. The molecule has 2 rings (SSSR count). The van der Waals surface area contributed by atoms with Gasteiger partial charge in [-0.25, -0.2) is 5.84 Å². The van der Waals surface area contributed by atoms with Gasteiger partial charge in [0.05, 0.1) is 12.2 Å². The largest absolute Gasteiger partial charge is 0.285 e. The van der Waals surface area contributed by atoms with Crippen LogP contribution in [0, 0.1) is 6.92 Å². The molecule has 152 valence electrons. The third-order valence-electron chi connectivity index (χ3n) is 5.09. The first-order valence-corrected chi connectivity index (χ1v) is 10.1. The summed E-state index contributed by atoms with van der Waals surface area (Å²) in [5.41, 5.74) is 6.26. The van der Waals surface area contributed by atoms with E-state index in [2.05, 4.69) is 51.3 Å². The number of allylic oxidation sites excluding steroid dienone is 3. The summed E-state index contributed by atoms with van der Waals surface area (Å²) in [7, 11) is 0. The Kier molecular flexibility index (Phi) is 8.17. The van der Waals surface area contributed by atoms with Crippen molar-refractivity contribution in [3.05, 3.63) is 88.0 Å². The van der Waals surface area contributed by atoms with Gasteiger partial charge in [-0.15, -0.1) is 0 Å². The van der Waals surface area contributed by atoms with Gasteiger partial charge in [0.25, 0.3) is 0 Å². The van der Waals surface area contributed by atoms with E-state index in [1.807, 2.05) is 44.2 Å². The molecule has 0 aliphatic carbocycles. The Balaban J connectivity index is 2.35. The second kappa shape index (κ2) is 10.6. The van der Waals surface area contributed by atoms with Crippen LogP contribution in [0.3, 0.4) is 0 Å². The standard InChI is InChI=1S/C26H33N3/c1-7-12-21(5)29(27)26-16-11-14-20(4)25(26)18-28-22(6)23(8-2)17-24-15-10-9-13-19(24)3/h8-11,13-17H,3,5,7,12,18,27H2,1-2,4,6H3/b23-8?,24-17-,28-22-. The van der Waals surface area contributed by atoms with E-state index in [0.717, 1.165) is 51.5 Å². The van der Waals surface area contributed by atoms with E-state index in [4.69, 9.17) is 10.8 Å². The van der Waals surface area contributed by atoms with Crippen LogP contribution in [-0.4, -0.2) is 5.71 Å². The zero-order valence-corrected chi connectivity index (χ0v) is 18.2. The molecular formula is C26H33N3. The maximum atomic E-state index is 6.37. The second-order valence-corrected chi connectivity index (χ2v) is 7.25. The third kappa shape index (κ3) is 5.78. The fraction of sp³-hybridized carbons (Fsp3) is 0.269. The monoisotopic (exact) mass is 387 g/mol. The Morgan fingerprint density at radius 2 is 1.90 bits per heavy atom. The Labute approximate surface area is 175 Å².